The van der Waals surface area contributed by atoms with Crippen LogP contribution in [0.4, 0.5) is 5.13 Å². The van der Waals surface area contributed by atoms with Gasteiger partial charge in [0.15, 0.2) is 5.13 Å². The summed E-state index contributed by atoms with van der Waals surface area (Å²) in [5.41, 5.74) is 7.29. The Morgan fingerprint density at radius 3 is 2.76 bits per heavy atom. The molecule has 0 radical (unpaired) electrons. The Balaban J connectivity index is 1.98. The zero-order chi connectivity index (χ0) is 15.0. The number of hydrogen-bond donors (Lipinski definition) is 1. The molecule has 0 saturated heterocycles. The summed E-state index contributed by atoms with van der Waals surface area (Å²) in [6, 6.07) is 5.58. The summed E-state index contributed by atoms with van der Waals surface area (Å²) in [4.78, 5) is 9.34. The molecule has 1 aromatic carbocycles. The second-order valence-electron chi connectivity index (χ2n) is 4.24. The van der Waals surface area contributed by atoms with Crippen molar-refractivity contribution in [2.75, 3.05) is 12.8 Å². The van der Waals surface area contributed by atoms with Gasteiger partial charge in [-0.3, -0.25) is 0 Å². The topological polar surface area (TPSA) is 87.1 Å². The number of nitrogens with zero attached hydrogens (tertiary/aromatic N) is 3. The summed E-state index contributed by atoms with van der Waals surface area (Å²) in [6.07, 6.45) is 0. The smallest absolute Gasteiger partial charge is 0.270 e. The highest BCUT2D eigenvalue weighted by Crippen LogP contribution is 2.33. The van der Waals surface area contributed by atoms with E-state index in [2.05, 4.69) is 31.1 Å². The predicted molar refractivity (Wildman–Crippen MR) is 84.2 cm³/mol. The average molecular weight is 367 g/mol. The minimum atomic E-state index is 0.420. The average Bonchev–Trinajstić information content (AvgIpc) is 3.05. The first-order valence-corrected chi connectivity index (χ1v) is 7.60. The van der Waals surface area contributed by atoms with E-state index in [1.807, 2.05) is 25.1 Å². The maximum absolute atomic E-state index is 5.68. The van der Waals surface area contributed by atoms with Crippen LogP contribution < -0.4 is 10.5 Å². The van der Waals surface area contributed by atoms with Crippen LogP contribution in [0.5, 0.6) is 5.75 Å². The molecule has 8 heteroatoms. The number of nitrogen functional groups attached to an aromatic ring is 1. The highest BCUT2D eigenvalue weighted by Gasteiger charge is 2.16. The van der Waals surface area contributed by atoms with Gasteiger partial charge >= 0.3 is 0 Å². The molecule has 108 valence electrons. The third-order valence-electron chi connectivity index (χ3n) is 2.84. The van der Waals surface area contributed by atoms with Crippen LogP contribution in [-0.4, -0.2) is 22.2 Å². The fourth-order valence-electron chi connectivity index (χ4n) is 1.85. The molecule has 0 atom stereocenters. The van der Waals surface area contributed by atoms with Gasteiger partial charge in [-0.15, -0.1) is 0 Å². The number of ether oxygens (including phenoxy) is 1. The van der Waals surface area contributed by atoms with Crippen LogP contribution in [0.25, 0.3) is 22.2 Å². The van der Waals surface area contributed by atoms with Crippen molar-refractivity contribution in [3.63, 3.8) is 0 Å². The number of thiazole rings is 1. The number of hydrogen-bond acceptors (Lipinski definition) is 7. The molecule has 0 unspecified atom stereocenters. The molecular formula is C13H11BrN4O2S. The van der Waals surface area contributed by atoms with Gasteiger partial charge < -0.3 is 15.0 Å². The van der Waals surface area contributed by atoms with Crippen LogP contribution in [0.15, 0.2) is 27.2 Å². The molecule has 3 aromatic rings. The lowest BCUT2D eigenvalue weighted by Gasteiger charge is -2.03. The lowest BCUT2D eigenvalue weighted by molar-refractivity contribution is 0.412. The molecule has 3 rings (SSSR count). The van der Waals surface area contributed by atoms with Gasteiger partial charge in [-0.2, -0.15) is 4.98 Å². The van der Waals surface area contributed by atoms with E-state index in [0.717, 1.165) is 26.4 Å². The molecule has 0 aliphatic rings. The van der Waals surface area contributed by atoms with E-state index in [1.54, 1.807) is 7.11 Å². The SMILES string of the molecule is COc1ccc(-c2noc(-c3sc(N)nc3C)n2)cc1Br. The van der Waals surface area contributed by atoms with Crippen LogP contribution in [-0.2, 0) is 0 Å². The van der Waals surface area contributed by atoms with Crippen LogP contribution in [0.1, 0.15) is 5.69 Å². The van der Waals surface area contributed by atoms with Crippen LogP contribution in [0.2, 0.25) is 0 Å². The molecule has 2 heterocycles. The zero-order valence-electron chi connectivity index (χ0n) is 11.3. The molecular weight excluding hydrogens is 356 g/mol. The summed E-state index contributed by atoms with van der Waals surface area (Å²) < 4.78 is 11.3. The number of anilines is 1. The predicted octanol–water partition coefficient (Wildman–Crippen LogP) is 3.52. The number of rotatable bonds is 3. The van der Waals surface area contributed by atoms with Crippen molar-refractivity contribution in [3.05, 3.63) is 28.4 Å². The van der Waals surface area contributed by atoms with E-state index in [4.69, 9.17) is 15.0 Å². The monoisotopic (exact) mass is 366 g/mol. The van der Waals surface area contributed by atoms with E-state index in [-0.39, 0.29) is 0 Å². The Labute approximate surface area is 133 Å². The van der Waals surface area contributed by atoms with Gasteiger partial charge in [0, 0.05) is 5.56 Å². The number of methoxy groups -OCH3 is 1. The lowest BCUT2D eigenvalue weighted by atomic mass is 10.2. The van der Waals surface area contributed by atoms with Crippen molar-refractivity contribution in [1.82, 2.24) is 15.1 Å². The lowest BCUT2D eigenvalue weighted by Crippen LogP contribution is -1.86. The molecule has 21 heavy (non-hydrogen) atoms. The molecule has 0 spiro atoms. The van der Waals surface area contributed by atoms with Gasteiger partial charge in [0.25, 0.3) is 5.89 Å². The second-order valence-corrected chi connectivity index (χ2v) is 6.12. The molecule has 2 N–H and O–H groups in total. The Morgan fingerprint density at radius 1 is 1.33 bits per heavy atom. The Morgan fingerprint density at radius 2 is 2.14 bits per heavy atom. The van der Waals surface area contributed by atoms with Crippen LogP contribution >= 0.6 is 27.3 Å². The van der Waals surface area contributed by atoms with Crippen LogP contribution in [0.3, 0.4) is 0 Å². The number of aromatic nitrogens is 3. The summed E-state index contributed by atoms with van der Waals surface area (Å²) in [5.74, 6) is 1.66. The number of aryl methyl sites for hydroxylation is 1. The minimum absolute atomic E-state index is 0.420. The Bertz CT molecular complexity index is 799. The van der Waals surface area contributed by atoms with Crippen molar-refractivity contribution in [2.45, 2.75) is 6.92 Å². The van der Waals surface area contributed by atoms with Crippen molar-refractivity contribution in [3.8, 4) is 27.9 Å². The van der Waals surface area contributed by atoms with Gasteiger partial charge in [-0.1, -0.05) is 16.5 Å². The highest BCUT2D eigenvalue weighted by molar-refractivity contribution is 9.10. The van der Waals surface area contributed by atoms with E-state index in [9.17, 15) is 0 Å². The third-order valence-corrected chi connectivity index (χ3v) is 4.44. The van der Waals surface area contributed by atoms with Gasteiger partial charge in [0.2, 0.25) is 5.82 Å². The van der Waals surface area contributed by atoms with Gasteiger partial charge in [0.1, 0.15) is 10.6 Å². The minimum Gasteiger partial charge on any atom is -0.496 e. The zero-order valence-corrected chi connectivity index (χ0v) is 13.7. The summed E-state index contributed by atoms with van der Waals surface area (Å²) in [6.45, 7) is 1.86. The first kappa shape index (κ1) is 14.0. The second kappa shape index (κ2) is 5.45. The van der Waals surface area contributed by atoms with E-state index in [1.165, 1.54) is 11.3 Å². The molecule has 0 amide bonds. The van der Waals surface area contributed by atoms with Crippen molar-refractivity contribution in [2.24, 2.45) is 0 Å². The maximum Gasteiger partial charge on any atom is 0.270 e. The summed E-state index contributed by atoms with van der Waals surface area (Å²) >= 11 is 4.76. The highest BCUT2D eigenvalue weighted by atomic mass is 79.9. The molecule has 6 nitrogen and oxygen atoms in total. The van der Waals surface area contributed by atoms with Gasteiger partial charge in [-0.05, 0) is 41.1 Å². The standard InChI is InChI=1S/C13H11BrN4O2S/c1-6-10(21-13(15)16-6)12-17-11(18-20-12)7-3-4-9(19-2)8(14)5-7/h3-5H,1-2H3,(H2,15,16). The first-order valence-electron chi connectivity index (χ1n) is 5.99. The van der Waals surface area contributed by atoms with Gasteiger partial charge in [0.05, 0.1) is 17.3 Å². The van der Waals surface area contributed by atoms with Crippen LogP contribution in [0, 0.1) is 6.92 Å². The van der Waals surface area contributed by atoms with Crippen molar-refractivity contribution >= 4 is 32.4 Å². The fourth-order valence-corrected chi connectivity index (χ4v) is 3.15. The van der Waals surface area contributed by atoms with Gasteiger partial charge in [-0.25, -0.2) is 4.98 Å². The molecule has 0 fully saturated rings. The van der Waals surface area contributed by atoms with Crippen molar-refractivity contribution in [1.29, 1.82) is 0 Å². The normalized spacial score (nSPS) is 10.8. The number of halogens is 1. The molecule has 0 saturated carbocycles. The Hall–Kier alpha value is -1.93. The quantitative estimate of drug-likeness (QED) is 0.762. The van der Waals surface area contributed by atoms with E-state index in [0.29, 0.717) is 16.8 Å². The number of nitrogens with two attached hydrogens (primary N) is 1. The maximum atomic E-state index is 5.68. The first-order chi connectivity index (χ1) is 10.1. The molecule has 0 aliphatic heterocycles. The summed E-state index contributed by atoms with van der Waals surface area (Å²) in [5, 5.41) is 4.48. The molecule has 2 aromatic heterocycles. The van der Waals surface area contributed by atoms with E-state index >= 15 is 0 Å². The van der Waals surface area contributed by atoms with Crippen molar-refractivity contribution < 1.29 is 9.26 Å². The Kier molecular flexibility index (Phi) is 3.64. The third kappa shape index (κ3) is 2.64. The largest absolute Gasteiger partial charge is 0.496 e. The fraction of sp³-hybridized carbons (Fsp3) is 0.154. The van der Waals surface area contributed by atoms with E-state index < -0.39 is 0 Å². The summed E-state index contributed by atoms with van der Waals surface area (Å²) in [7, 11) is 1.61. The number of benzene rings is 1. The molecule has 0 bridgehead atoms. The molecule has 0 aliphatic carbocycles.